The molecule has 1 aliphatic heterocycles. The molecule has 0 saturated carbocycles. The van der Waals surface area contributed by atoms with Gasteiger partial charge >= 0.3 is 0 Å². The lowest BCUT2D eigenvalue weighted by atomic mass is 10.00. The highest BCUT2D eigenvalue weighted by Crippen LogP contribution is 2.18. The molecule has 0 amide bonds. The van der Waals surface area contributed by atoms with Crippen molar-refractivity contribution in [2.75, 3.05) is 33.4 Å². The van der Waals surface area contributed by atoms with Crippen LogP contribution < -0.4 is 5.32 Å². The number of benzene rings is 1. The van der Waals surface area contributed by atoms with Crippen molar-refractivity contribution in [1.29, 1.82) is 0 Å². The zero-order valence-corrected chi connectivity index (χ0v) is 15.3. The van der Waals surface area contributed by atoms with E-state index in [0.717, 1.165) is 45.2 Å². The van der Waals surface area contributed by atoms with Crippen LogP contribution in [-0.2, 0) is 11.3 Å². The van der Waals surface area contributed by atoms with Gasteiger partial charge in [-0.25, -0.2) is 4.99 Å². The molecule has 1 aromatic rings. The normalized spacial score (nSPS) is 18.3. The van der Waals surface area contributed by atoms with Crippen molar-refractivity contribution >= 4 is 5.96 Å². The molecule has 128 valence electrons. The number of aryl methyl sites for hydroxylation is 3. The third-order valence-electron chi connectivity index (χ3n) is 4.48. The Labute approximate surface area is 140 Å². The molecule has 0 spiro atoms. The second-order valence-electron chi connectivity index (χ2n) is 6.66. The van der Waals surface area contributed by atoms with E-state index >= 15 is 0 Å². The van der Waals surface area contributed by atoms with E-state index < -0.39 is 0 Å². The van der Waals surface area contributed by atoms with Crippen molar-refractivity contribution in [3.05, 3.63) is 34.4 Å². The van der Waals surface area contributed by atoms with Gasteiger partial charge in [-0.05, 0) is 50.8 Å². The van der Waals surface area contributed by atoms with E-state index in [4.69, 9.17) is 9.73 Å². The molecule has 4 heteroatoms. The van der Waals surface area contributed by atoms with E-state index in [-0.39, 0.29) is 0 Å². The molecule has 1 heterocycles. The minimum absolute atomic E-state index is 0.617. The maximum Gasteiger partial charge on any atom is 0.193 e. The number of aliphatic imine (C=N–C) groups is 1. The third-order valence-corrected chi connectivity index (χ3v) is 4.48. The predicted molar refractivity (Wildman–Crippen MR) is 97.0 cm³/mol. The van der Waals surface area contributed by atoms with E-state index in [2.05, 4.69) is 57.1 Å². The molecule has 1 aromatic carbocycles. The van der Waals surface area contributed by atoms with Crippen molar-refractivity contribution in [2.24, 2.45) is 10.9 Å². The fourth-order valence-corrected chi connectivity index (χ4v) is 3.28. The van der Waals surface area contributed by atoms with Crippen LogP contribution in [0.25, 0.3) is 0 Å². The first-order valence-corrected chi connectivity index (χ1v) is 8.65. The Hall–Kier alpha value is -1.55. The summed E-state index contributed by atoms with van der Waals surface area (Å²) >= 11 is 0. The summed E-state index contributed by atoms with van der Waals surface area (Å²) in [5.74, 6) is 1.60. The molecule has 23 heavy (non-hydrogen) atoms. The van der Waals surface area contributed by atoms with E-state index in [1.807, 2.05) is 0 Å². The van der Waals surface area contributed by atoms with Crippen LogP contribution in [0, 0.1) is 26.7 Å². The summed E-state index contributed by atoms with van der Waals surface area (Å²) < 4.78 is 5.48. The monoisotopic (exact) mass is 317 g/mol. The number of ether oxygens (including phenoxy) is 1. The van der Waals surface area contributed by atoms with Crippen LogP contribution in [0.1, 0.15) is 35.6 Å². The molecule has 0 radical (unpaired) electrons. The molecule has 1 saturated heterocycles. The number of guanidine groups is 1. The van der Waals surface area contributed by atoms with E-state index in [1.165, 1.54) is 22.3 Å². The average Bonchev–Trinajstić information content (AvgIpc) is 2.97. The summed E-state index contributed by atoms with van der Waals surface area (Å²) in [6.45, 7) is 13.0. The van der Waals surface area contributed by atoms with Crippen LogP contribution in [0.3, 0.4) is 0 Å². The van der Waals surface area contributed by atoms with E-state index in [9.17, 15) is 0 Å². The fourth-order valence-electron chi connectivity index (χ4n) is 3.28. The van der Waals surface area contributed by atoms with Crippen molar-refractivity contribution in [2.45, 2.75) is 40.7 Å². The molecule has 0 aliphatic carbocycles. The van der Waals surface area contributed by atoms with Gasteiger partial charge in [0.25, 0.3) is 0 Å². The molecule has 1 atom stereocenters. The Morgan fingerprint density at radius 3 is 2.57 bits per heavy atom. The van der Waals surface area contributed by atoms with Crippen LogP contribution in [-0.4, -0.2) is 44.2 Å². The Balaban J connectivity index is 2.08. The van der Waals surface area contributed by atoms with E-state index in [1.54, 1.807) is 0 Å². The molecule has 2 rings (SSSR count). The van der Waals surface area contributed by atoms with Gasteiger partial charge in [-0.3, -0.25) is 0 Å². The second-order valence-corrected chi connectivity index (χ2v) is 6.66. The lowest BCUT2D eigenvalue weighted by Crippen LogP contribution is -2.41. The average molecular weight is 317 g/mol. The molecule has 0 bridgehead atoms. The molecule has 1 aliphatic rings. The minimum Gasteiger partial charge on any atom is -0.381 e. The topological polar surface area (TPSA) is 36.9 Å². The molecule has 1 fully saturated rings. The van der Waals surface area contributed by atoms with Gasteiger partial charge in [0, 0.05) is 32.7 Å². The third kappa shape index (κ3) is 4.96. The Morgan fingerprint density at radius 1 is 1.30 bits per heavy atom. The molecule has 4 nitrogen and oxygen atoms in total. The molecular formula is C19H31N3O. The van der Waals surface area contributed by atoms with Gasteiger partial charge < -0.3 is 15.0 Å². The van der Waals surface area contributed by atoms with Crippen molar-refractivity contribution in [3.8, 4) is 0 Å². The quantitative estimate of drug-likeness (QED) is 0.670. The smallest absolute Gasteiger partial charge is 0.193 e. The maximum absolute atomic E-state index is 5.48. The molecular weight excluding hydrogens is 286 g/mol. The van der Waals surface area contributed by atoms with Crippen LogP contribution in [0.5, 0.6) is 0 Å². The molecule has 1 unspecified atom stereocenters. The number of nitrogens with zero attached hydrogens (tertiary/aromatic N) is 2. The summed E-state index contributed by atoms with van der Waals surface area (Å²) in [5, 5.41) is 3.41. The first-order valence-electron chi connectivity index (χ1n) is 8.65. The first kappa shape index (κ1) is 17.8. The zero-order valence-electron chi connectivity index (χ0n) is 15.3. The summed E-state index contributed by atoms with van der Waals surface area (Å²) in [6.07, 6.45) is 1.15. The Morgan fingerprint density at radius 2 is 2.00 bits per heavy atom. The van der Waals surface area contributed by atoms with Gasteiger partial charge in [0.2, 0.25) is 0 Å². The standard InChI is InChI=1S/C19H31N3O/c1-6-20-19(22(5)12-17-7-8-23-13-17)21-11-18-15(3)9-14(2)10-16(18)4/h9-10,17H,6-8,11-13H2,1-5H3,(H,20,21). The van der Waals surface area contributed by atoms with Gasteiger partial charge in [0.05, 0.1) is 13.2 Å². The summed E-state index contributed by atoms with van der Waals surface area (Å²) in [7, 11) is 2.12. The lowest BCUT2D eigenvalue weighted by Gasteiger charge is -2.24. The van der Waals surface area contributed by atoms with Gasteiger partial charge in [0.15, 0.2) is 5.96 Å². The van der Waals surface area contributed by atoms with Gasteiger partial charge in [0.1, 0.15) is 0 Å². The summed E-state index contributed by atoms with van der Waals surface area (Å²) in [5.41, 5.74) is 5.31. The zero-order chi connectivity index (χ0) is 16.8. The van der Waals surface area contributed by atoms with Gasteiger partial charge in [-0.1, -0.05) is 17.7 Å². The highest BCUT2D eigenvalue weighted by atomic mass is 16.5. The number of hydrogen-bond acceptors (Lipinski definition) is 2. The number of rotatable bonds is 5. The Kier molecular flexibility index (Phi) is 6.46. The largest absolute Gasteiger partial charge is 0.381 e. The van der Waals surface area contributed by atoms with Crippen LogP contribution in [0.15, 0.2) is 17.1 Å². The van der Waals surface area contributed by atoms with Crippen molar-refractivity contribution < 1.29 is 4.74 Å². The Bertz CT molecular complexity index is 525. The van der Waals surface area contributed by atoms with Crippen LogP contribution in [0.2, 0.25) is 0 Å². The van der Waals surface area contributed by atoms with Crippen molar-refractivity contribution in [1.82, 2.24) is 10.2 Å². The highest BCUT2D eigenvalue weighted by Gasteiger charge is 2.19. The van der Waals surface area contributed by atoms with E-state index in [0.29, 0.717) is 5.92 Å². The maximum atomic E-state index is 5.48. The van der Waals surface area contributed by atoms with Gasteiger partial charge in [-0.2, -0.15) is 0 Å². The fraction of sp³-hybridized carbons (Fsp3) is 0.632. The van der Waals surface area contributed by atoms with Crippen LogP contribution >= 0.6 is 0 Å². The van der Waals surface area contributed by atoms with Crippen molar-refractivity contribution in [3.63, 3.8) is 0 Å². The number of nitrogens with one attached hydrogen (secondary N) is 1. The SMILES string of the molecule is CCNC(=NCc1c(C)cc(C)cc1C)N(C)CC1CCOC1. The number of hydrogen-bond donors (Lipinski definition) is 1. The minimum atomic E-state index is 0.617. The van der Waals surface area contributed by atoms with Crippen LogP contribution in [0.4, 0.5) is 0 Å². The predicted octanol–water partition coefficient (Wildman–Crippen LogP) is 3.05. The highest BCUT2D eigenvalue weighted by molar-refractivity contribution is 5.79. The summed E-state index contributed by atoms with van der Waals surface area (Å²) in [4.78, 5) is 7.11. The van der Waals surface area contributed by atoms with Gasteiger partial charge in [-0.15, -0.1) is 0 Å². The lowest BCUT2D eigenvalue weighted by molar-refractivity contribution is 0.181. The first-order chi connectivity index (χ1) is 11.0. The summed E-state index contributed by atoms with van der Waals surface area (Å²) in [6, 6.07) is 4.48. The second kappa shape index (κ2) is 8.34. The molecule has 1 N–H and O–H groups in total. The molecule has 0 aromatic heterocycles.